The summed E-state index contributed by atoms with van der Waals surface area (Å²) >= 11 is 0. The van der Waals surface area contributed by atoms with E-state index in [9.17, 15) is 19.8 Å². The van der Waals surface area contributed by atoms with Crippen molar-refractivity contribution < 1.29 is 19.8 Å². The average Bonchev–Trinajstić information content (AvgIpc) is 2.81. The van der Waals surface area contributed by atoms with Crippen LogP contribution in [0.4, 0.5) is 0 Å². The van der Waals surface area contributed by atoms with Gasteiger partial charge in [-0.3, -0.25) is 9.59 Å². The average molecular weight is 266 g/mol. The van der Waals surface area contributed by atoms with Crippen LogP contribution < -0.4 is 0 Å². The summed E-state index contributed by atoms with van der Waals surface area (Å²) in [5.74, 6) is -3.36. The molecule has 0 spiro atoms. The van der Waals surface area contributed by atoms with E-state index in [0.717, 1.165) is 0 Å². The third-order valence-corrected chi connectivity index (χ3v) is 5.49. The van der Waals surface area contributed by atoms with E-state index < -0.39 is 34.6 Å². The van der Waals surface area contributed by atoms with Gasteiger partial charge in [-0.15, -0.1) is 0 Å². The van der Waals surface area contributed by atoms with E-state index in [2.05, 4.69) is 0 Å². The van der Waals surface area contributed by atoms with Crippen LogP contribution in [0.15, 0.2) is 12.2 Å². The molecule has 0 aromatic heterocycles. The molecule has 2 aliphatic rings. The highest BCUT2D eigenvalue weighted by Gasteiger charge is 2.69. The Morgan fingerprint density at radius 2 is 1.26 bits per heavy atom. The molecule has 0 amide bonds. The highest BCUT2D eigenvalue weighted by Crippen LogP contribution is 2.68. The Hall–Kier alpha value is -1.32. The summed E-state index contributed by atoms with van der Waals surface area (Å²) in [4.78, 5) is 23.4. The van der Waals surface area contributed by atoms with E-state index >= 15 is 0 Å². The predicted octanol–water partition coefficient (Wildman–Crippen LogP) is 2.65. The molecule has 2 bridgehead atoms. The summed E-state index contributed by atoms with van der Waals surface area (Å²) in [5.41, 5.74) is -1.03. The minimum Gasteiger partial charge on any atom is -0.481 e. The number of carbonyl (C=O) groups is 2. The van der Waals surface area contributed by atoms with Crippen LogP contribution >= 0.6 is 0 Å². The first-order valence-corrected chi connectivity index (χ1v) is 6.85. The normalized spacial score (nSPS) is 40.3. The molecule has 2 aliphatic carbocycles. The summed E-state index contributed by atoms with van der Waals surface area (Å²) in [6, 6.07) is 0. The van der Waals surface area contributed by atoms with Crippen LogP contribution in [-0.4, -0.2) is 22.2 Å². The molecule has 1 fully saturated rings. The highest BCUT2D eigenvalue weighted by atomic mass is 16.4. The monoisotopic (exact) mass is 266 g/mol. The lowest BCUT2D eigenvalue weighted by molar-refractivity contribution is -0.159. The van der Waals surface area contributed by atoms with Crippen molar-refractivity contribution in [1.29, 1.82) is 0 Å². The molecule has 0 aromatic carbocycles. The van der Waals surface area contributed by atoms with Crippen molar-refractivity contribution in [2.75, 3.05) is 0 Å². The van der Waals surface area contributed by atoms with Crippen LogP contribution in [0.3, 0.4) is 0 Å². The number of carboxylic acid groups (broad SMARTS) is 2. The minimum atomic E-state index is -0.979. The summed E-state index contributed by atoms with van der Waals surface area (Å²) in [6.07, 6.45) is 4.61. The van der Waals surface area contributed by atoms with Crippen molar-refractivity contribution >= 4 is 11.9 Å². The van der Waals surface area contributed by atoms with E-state index in [1.165, 1.54) is 0 Å². The van der Waals surface area contributed by atoms with E-state index in [4.69, 9.17) is 0 Å². The maximum absolute atomic E-state index is 11.7. The molecule has 19 heavy (non-hydrogen) atoms. The Labute approximate surface area is 113 Å². The van der Waals surface area contributed by atoms with Gasteiger partial charge in [0.1, 0.15) is 0 Å². The SMILES string of the molecule is CC(C)C12C=CC(C(C)C)(C1)C(C(=O)O)C2C(=O)O. The fourth-order valence-electron chi connectivity index (χ4n) is 4.26. The van der Waals surface area contributed by atoms with Gasteiger partial charge < -0.3 is 10.2 Å². The third-order valence-electron chi connectivity index (χ3n) is 5.49. The van der Waals surface area contributed by atoms with E-state index in [-0.39, 0.29) is 11.8 Å². The van der Waals surface area contributed by atoms with Crippen LogP contribution in [0.2, 0.25) is 0 Å². The smallest absolute Gasteiger partial charge is 0.308 e. The molecule has 0 saturated heterocycles. The van der Waals surface area contributed by atoms with Crippen molar-refractivity contribution in [3.8, 4) is 0 Å². The lowest BCUT2D eigenvalue weighted by Gasteiger charge is -2.37. The minimum absolute atomic E-state index is 0.120. The zero-order valence-corrected chi connectivity index (χ0v) is 11.9. The van der Waals surface area contributed by atoms with E-state index in [1.807, 2.05) is 39.8 Å². The Morgan fingerprint density at radius 1 is 0.947 bits per heavy atom. The van der Waals surface area contributed by atoms with Gasteiger partial charge in [0.05, 0.1) is 11.8 Å². The van der Waals surface area contributed by atoms with Crippen LogP contribution in [0.5, 0.6) is 0 Å². The number of carboxylic acids is 2. The number of fused-ring (bicyclic) bond motifs is 2. The third kappa shape index (κ3) is 1.58. The molecule has 4 nitrogen and oxygen atoms in total. The Bertz CT molecular complexity index is 411. The van der Waals surface area contributed by atoms with Crippen molar-refractivity contribution in [2.45, 2.75) is 34.1 Å². The van der Waals surface area contributed by atoms with Crippen LogP contribution in [-0.2, 0) is 9.59 Å². The van der Waals surface area contributed by atoms with Gasteiger partial charge in [-0.2, -0.15) is 0 Å². The second-order valence-electron chi connectivity index (χ2n) is 6.68. The topological polar surface area (TPSA) is 74.6 Å². The molecule has 4 unspecified atom stereocenters. The predicted molar refractivity (Wildman–Crippen MR) is 70.6 cm³/mol. The van der Waals surface area contributed by atoms with Crippen molar-refractivity contribution in [3.63, 3.8) is 0 Å². The van der Waals surface area contributed by atoms with E-state index in [0.29, 0.717) is 6.42 Å². The molecule has 4 heteroatoms. The van der Waals surface area contributed by atoms with Crippen molar-refractivity contribution in [1.82, 2.24) is 0 Å². The van der Waals surface area contributed by atoms with Crippen molar-refractivity contribution in [3.05, 3.63) is 12.2 Å². The second kappa shape index (κ2) is 4.09. The standard InChI is InChI=1S/C15H22O4/c1-8(2)14-5-6-15(7-14,9(3)4)11(13(18)19)10(14)12(16)17/h5-6,8-11H,7H2,1-4H3,(H,16,17)(H,18,19). The molecule has 106 valence electrons. The molecular weight excluding hydrogens is 244 g/mol. The van der Waals surface area contributed by atoms with Gasteiger partial charge in [0.2, 0.25) is 0 Å². The molecule has 0 aromatic rings. The summed E-state index contributed by atoms with van der Waals surface area (Å²) in [7, 11) is 0. The molecule has 4 atom stereocenters. The molecular formula is C15H22O4. The number of hydrogen-bond acceptors (Lipinski definition) is 2. The number of allylic oxidation sites excluding steroid dienone is 2. The lowest BCUT2D eigenvalue weighted by atomic mass is 9.64. The summed E-state index contributed by atoms with van der Waals surface area (Å²) < 4.78 is 0. The number of aliphatic carboxylic acids is 2. The fourth-order valence-corrected chi connectivity index (χ4v) is 4.26. The lowest BCUT2D eigenvalue weighted by Crippen LogP contribution is -2.44. The first-order valence-electron chi connectivity index (χ1n) is 6.85. The molecule has 1 saturated carbocycles. The molecule has 0 radical (unpaired) electrons. The summed E-state index contributed by atoms with van der Waals surface area (Å²) in [6.45, 7) is 7.95. The van der Waals surface area contributed by atoms with Gasteiger partial charge >= 0.3 is 11.9 Å². The number of rotatable bonds is 4. The number of hydrogen-bond donors (Lipinski definition) is 2. The molecule has 0 heterocycles. The van der Waals surface area contributed by atoms with Gasteiger partial charge in [-0.05, 0) is 18.3 Å². The highest BCUT2D eigenvalue weighted by molar-refractivity contribution is 5.84. The van der Waals surface area contributed by atoms with Crippen LogP contribution in [0.1, 0.15) is 34.1 Å². The van der Waals surface area contributed by atoms with E-state index in [1.54, 1.807) is 0 Å². The molecule has 0 aliphatic heterocycles. The second-order valence-corrected chi connectivity index (χ2v) is 6.68. The first-order chi connectivity index (χ1) is 8.69. The summed E-state index contributed by atoms with van der Waals surface area (Å²) in [5, 5.41) is 19.1. The zero-order chi connectivity index (χ0) is 14.6. The maximum atomic E-state index is 11.7. The molecule has 2 rings (SSSR count). The first kappa shape index (κ1) is 14.1. The maximum Gasteiger partial charge on any atom is 0.308 e. The Kier molecular flexibility index (Phi) is 3.03. The fraction of sp³-hybridized carbons (Fsp3) is 0.733. The zero-order valence-electron chi connectivity index (χ0n) is 11.9. The Balaban J connectivity index is 2.62. The van der Waals surface area contributed by atoms with Gasteiger partial charge in [-0.1, -0.05) is 39.8 Å². The van der Waals surface area contributed by atoms with Gasteiger partial charge in [0.25, 0.3) is 0 Å². The van der Waals surface area contributed by atoms with Gasteiger partial charge in [-0.25, -0.2) is 0 Å². The van der Waals surface area contributed by atoms with Crippen LogP contribution in [0.25, 0.3) is 0 Å². The van der Waals surface area contributed by atoms with Crippen LogP contribution in [0, 0.1) is 34.5 Å². The molecule has 2 N–H and O–H groups in total. The van der Waals surface area contributed by atoms with Gasteiger partial charge in [0, 0.05) is 10.8 Å². The quantitative estimate of drug-likeness (QED) is 0.767. The Morgan fingerprint density at radius 3 is 1.47 bits per heavy atom. The largest absolute Gasteiger partial charge is 0.481 e. The van der Waals surface area contributed by atoms with Crippen molar-refractivity contribution in [2.24, 2.45) is 34.5 Å². The van der Waals surface area contributed by atoms with Gasteiger partial charge in [0.15, 0.2) is 0 Å².